The number of aromatic nitrogens is 2. The molecular weight excluding hydrogens is 374 g/mol. The largest absolute Gasteiger partial charge is 0.481 e. The minimum Gasteiger partial charge on any atom is -0.481 e. The summed E-state index contributed by atoms with van der Waals surface area (Å²) in [6, 6.07) is 31.3. The maximum Gasteiger partial charge on any atom is 0.304 e. The molecule has 0 fully saturated rings. The van der Waals surface area contributed by atoms with Crippen molar-refractivity contribution in [3.05, 3.63) is 126 Å². The van der Waals surface area contributed by atoms with Crippen molar-refractivity contribution in [3.8, 4) is 0 Å². The molecule has 0 saturated heterocycles. The fraction of sp³-hybridized carbons (Fsp3) is 0.0800. The fourth-order valence-electron chi connectivity index (χ4n) is 3.51. The quantitative estimate of drug-likeness (QED) is 0.482. The Balaban J connectivity index is 0.000000310. The maximum atomic E-state index is 11.7. The van der Waals surface area contributed by atoms with Crippen molar-refractivity contribution in [1.29, 1.82) is 0 Å². The molecule has 0 aliphatic carbocycles. The predicted molar refractivity (Wildman–Crippen MR) is 118 cm³/mol. The molecule has 1 heterocycles. The highest BCUT2D eigenvalue weighted by atomic mass is 16.4. The van der Waals surface area contributed by atoms with E-state index in [-0.39, 0.29) is 6.42 Å². The number of carbonyl (C=O) groups is 1. The van der Waals surface area contributed by atoms with Crippen molar-refractivity contribution in [2.45, 2.75) is 11.8 Å². The number of carboxylic acids is 1. The van der Waals surface area contributed by atoms with E-state index in [1.807, 2.05) is 91.0 Å². The molecule has 0 atom stereocenters. The standard InChI is InChI=1S/C21H18O2.C4H5N3/c22-20(23)16-21(17-10-4-1-5-11-17,18-12-6-2-7-13-18)19-14-8-3-9-15-19;5-4-6-2-1-3-7-4/h1-15H,16H2,(H,22,23);1-3H,(H2,5,6,7). The number of rotatable bonds is 5. The predicted octanol–water partition coefficient (Wildman–Crippen LogP) is 4.55. The first kappa shape index (κ1) is 20.7. The van der Waals surface area contributed by atoms with Crippen molar-refractivity contribution in [2.75, 3.05) is 5.73 Å². The van der Waals surface area contributed by atoms with Gasteiger partial charge in [-0.25, -0.2) is 9.97 Å². The van der Waals surface area contributed by atoms with Crippen LogP contribution in [0.2, 0.25) is 0 Å². The summed E-state index contributed by atoms with van der Waals surface area (Å²) in [6.07, 6.45) is 3.20. The molecule has 150 valence electrons. The monoisotopic (exact) mass is 397 g/mol. The van der Waals surface area contributed by atoms with Crippen LogP contribution in [-0.4, -0.2) is 21.0 Å². The number of nitrogens with zero attached hydrogens (tertiary/aromatic N) is 2. The molecule has 5 nitrogen and oxygen atoms in total. The number of anilines is 1. The smallest absolute Gasteiger partial charge is 0.304 e. The Morgan fingerprint density at radius 1 is 0.700 bits per heavy atom. The highest BCUT2D eigenvalue weighted by molar-refractivity contribution is 5.72. The van der Waals surface area contributed by atoms with Crippen LogP contribution in [0, 0.1) is 0 Å². The number of aliphatic carboxylic acids is 1. The van der Waals surface area contributed by atoms with Crippen LogP contribution >= 0.6 is 0 Å². The van der Waals surface area contributed by atoms with E-state index in [1.54, 1.807) is 18.5 Å². The Hall–Kier alpha value is -3.99. The lowest BCUT2D eigenvalue weighted by Crippen LogP contribution is -2.32. The van der Waals surface area contributed by atoms with Gasteiger partial charge in [0.2, 0.25) is 5.95 Å². The molecule has 0 saturated carbocycles. The van der Waals surface area contributed by atoms with Gasteiger partial charge in [-0.1, -0.05) is 91.0 Å². The van der Waals surface area contributed by atoms with Crippen molar-refractivity contribution < 1.29 is 9.90 Å². The summed E-state index contributed by atoms with van der Waals surface area (Å²) < 4.78 is 0. The second kappa shape index (κ2) is 9.98. The summed E-state index contributed by atoms with van der Waals surface area (Å²) in [5.41, 5.74) is 7.39. The van der Waals surface area contributed by atoms with Gasteiger partial charge in [-0.3, -0.25) is 4.79 Å². The third-order valence-corrected chi connectivity index (χ3v) is 4.80. The number of benzene rings is 3. The lowest BCUT2D eigenvalue weighted by molar-refractivity contribution is -0.137. The van der Waals surface area contributed by atoms with Gasteiger partial charge in [-0.15, -0.1) is 0 Å². The van der Waals surface area contributed by atoms with Crippen LogP contribution < -0.4 is 5.73 Å². The zero-order chi connectivity index (χ0) is 21.2. The zero-order valence-electron chi connectivity index (χ0n) is 16.4. The average molecular weight is 397 g/mol. The summed E-state index contributed by atoms with van der Waals surface area (Å²) in [5.74, 6) is -0.496. The van der Waals surface area contributed by atoms with E-state index >= 15 is 0 Å². The second-order valence-corrected chi connectivity index (χ2v) is 6.68. The van der Waals surface area contributed by atoms with Gasteiger partial charge in [0.05, 0.1) is 11.8 Å². The molecule has 0 spiro atoms. The van der Waals surface area contributed by atoms with Crippen LogP contribution in [0.15, 0.2) is 109 Å². The first-order valence-corrected chi connectivity index (χ1v) is 9.54. The molecule has 0 aliphatic heterocycles. The highest BCUT2D eigenvalue weighted by Gasteiger charge is 2.38. The van der Waals surface area contributed by atoms with Crippen LogP contribution in [0.1, 0.15) is 23.1 Å². The molecular formula is C25H23N3O2. The van der Waals surface area contributed by atoms with Crippen molar-refractivity contribution in [1.82, 2.24) is 9.97 Å². The Labute approximate surface area is 175 Å². The van der Waals surface area contributed by atoms with Crippen molar-refractivity contribution in [3.63, 3.8) is 0 Å². The number of carboxylic acid groups (broad SMARTS) is 1. The normalized spacial score (nSPS) is 10.5. The summed E-state index contributed by atoms with van der Waals surface area (Å²) >= 11 is 0. The van der Waals surface area contributed by atoms with Gasteiger partial charge in [0.15, 0.2) is 0 Å². The number of hydrogen-bond acceptors (Lipinski definition) is 4. The Morgan fingerprint density at radius 3 is 1.33 bits per heavy atom. The van der Waals surface area contributed by atoms with Gasteiger partial charge in [0, 0.05) is 12.4 Å². The van der Waals surface area contributed by atoms with Crippen LogP contribution in [-0.2, 0) is 10.2 Å². The van der Waals surface area contributed by atoms with E-state index in [2.05, 4.69) is 9.97 Å². The van der Waals surface area contributed by atoms with E-state index in [4.69, 9.17) is 5.73 Å². The lowest BCUT2D eigenvalue weighted by atomic mass is 9.67. The van der Waals surface area contributed by atoms with Gasteiger partial charge in [-0.2, -0.15) is 0 Å². The van der Waals surface area contributed by atoms with Gasteiger partial charge in [0.25, 0.3) is 0 Å². The molecule has 0 unspecified atom stereocenters. The second-order valence-electron chi connectivity index (χ2n) is 6.68. The third kappa shape index (κ3) is 4.89. The van der Waals surface area contributed by atoms with E-state index in [1.165, 1.54) is 0 Å². The van der Waals surface area contributed by atoms with Gasteiger partial charge >= 0.3 is 5.97 Å². The molecule has 3 N–H and O–H groups in total. The molecule has 3 aromatic carbocycles. The first-order valence-electron chi connectivity index (χ1n) is 9.54. The average Bonchev–Trinajstić information content (AvgIpc) is 2.80. The van der Waals surface area contributed by atoms with E-state index in [0.29, 0.717) is 5.95 Å². The number of hydrogen-bond donors (Lipinski definition) is 2. The first-order chi connectivity index (χ1) is 14.6. The summed E-state index contributed by atoms with van der Waals surface area (Å²) in [5, 5.41) is 9.63. The minimum atomic E-state index is -0.818. The van der Waals surface area contributed by atoms with E-state index < -0.39 is 11.4 Å². The fourth-order valence-corrected chi connectivity index (χ4v) is 3.51. The zero-order valence-corrected chi connectivity index (χ0v) is 16.4. The molecule has 4 rings (SSSR count). The molecule has 5 heteroatoms. The van der Waals surface area contributed by atoms with Crippen molar-refractivity contribution >= 4 is 11.9 Å². The Kier molecular flexibility index (Phi) is 6.90. The molecule has 0 aliphatic rings. The van der Waals surface area contributed by atoms with Crippen LogP contribution in [0.4, 0.5) is 5.95 Å². The molecule has 30 heavy (non-hydrogen) atoms. The number of nitrogen functional groups attached to an aromatic ring is 1. The van der Waals surface area contributed by atoms with Gasteiger partial charge in [0.1, 0.15) is 0 Å². The molecule has 4 aromatic rings. The minimum absolute atomic E-state index is 0.00500. The highest BCUT2D eigenvalue weighted by Crippen LogP contribution is 2.42. The summed E-state index contributed by atoms with van der Waals surface area (Å²) in [7, 11) is 0. The van der Waals surface area contributed by atoms with Gasteiger partial charge in [-0.05, 0) is 22.8 Å². The molecule has 0 radical (unpaired) electrons. The number of nitrogens with two attached hydrogens (primary N) is 1. The third-order valence-electron chi connectivity index (χ3n) is 4.80. The van der Waals surface area contributed by atoms with E-state index in [9.17, 15) is 9.90 Å². The summed E-state index contributed by atoms with van der Waals surface area (Å²) in [4.78, 5) is 19.0. The summed E-state index contributed by atoms with van der Waals surface area (Å²) in [6.45, 7) is 0. The van der Waals surface area contributed by atoms with Crippen molar-refractivity contribution in [2.24, 2.45) is 0 Å². The van der Waals surface area contributed by atoms with Crippen LogP contribution in [0.25, 0.3) is 0 Å². The molecule has 0 amide bonds. The SMILES string of the molecule is Nc1ncccn1.O=C(O)CC(c1ccccc1)(c1ccccc1)c1ccccc1. The maximum absolute atomic E-state index is 11.7. The molecule has 1 aromatic heterocycles. The Morgan fingerprint density at radius 2 is 1.07 bits per heavy atom. The van der Waals surface area contributed by atoms with E-state index in [0.717, 1.165) is 16.7 Å². The van der Waals surface area contributed by atoms with Crippen LogP contribution in [0.5, 0.6) is 0 Å². The Bertz CT molecular complexity index is 944. The molecule has 0 bridgehead atoms. The van der Waals surface area contributed by atoms with Gasteiger partial charge < -0.3 is 10.8 Å². The van der Waals surface area contributed by atoms with Crippen LogP contribution in [0.3, 0.4) is 0 Å². The topological polar surface area (TPSA) is 89.1 Å². The lowest BCUT2D eigenvalue weighted by Gasteiger charge is -2.34.